The van der Waals surface area contributed by atoms with E-state index in [0.29, 0.717) is 16.9 Å². The number of hydrogen-bond acceptors (Lipinski definition) is 4. The Morgan fingerprint density at radius 2 is 1.85 bits per heavy atom. The van der Waals surface area contributed by atoms with E-state index in [-0.39, 0.29) is 18.5 Å². The Bertz CT molecular complexity index is 817. The number of hydrazone groups is 1. The highest BCUT2D eigenvalue weighted by atomic mass is 19.1. The highest BCUT2D eigenvalue weighted by Gasteiger charge is 2.26. The van der Waals surface area contributed by atoms with Crippen LogP contribution in [0.4, 0.5) is 4.39 Å². The Hall–Kier alpha value is -3.22. The molecule has 0 aliphatic heterocycles. The van der Waals surface area contributed by atoms with E-state index in [2.05, 4.69) is 15.8 Å². The lowest BCUT2D eigenvalue weighted by Gasteiger charge is -2.07. The lowest BCUT2D eigenvalue weighted by atomic mass is 10.2. The van der Waals surface area contributed by atoms with Crippen LogP contribution >= 0.6 is 0 Å². The van der Waals surface area contributed by atoms with Crippen molar-refractivity contribution >= 4 is 18.0 Å². The summed E-state index contributed by atoms with van der Waals surface area (Å²) in [4.78, 5) is 23.0. The van der Waals surface area contributed by atoms with Gasteiger partial charge >= 0.3 is 11.8 Å². The van der Waals surface area contributed by atoms with Gasteiger partial charge in [0.05, 0.1) is 6.21 Å². The summed E-state index contributed by atoms with van der Waals surface area (Å²) >= 11 is 0. The molecule has 0 saturated heterocycles. The van der Waals surface area contributed by atoms with Gasteiger partial charge in [-0.1, -0.05) is 18.2 Å². The van der Waals surface area contributed by atoms with Crippen molar-refractivity contribution in [2.45, 2.75) is 25.5 Å². The molecule has 1 saturated carbocycles. The first-order chi connectivity index (χ1) is 12.6. The highest BCUT2D eigenvalue weighted by Crippen LogP contribution is 2.18. The van der Waals surface area contributed by atoms with Crippen LogP contribution < -0.4 is 15.5 Å². The van der Waals surface area contributed by atoms with E-state index in [0.717, 1.165) is 12.8 Å². The third kappa shape index (κ3) is 5.14. The number of nitrogens with zero attached hydrogens (tertiary/aromatic N) is 1. The largest absolute Gasteiger partial charge is 0.489 e. The zero-order chi connectivity index (χ0) is 18.4. The number of halogens is 1. The summed E-state index contributed by atoms with van der Waals surface area (Å²) in [5, 5.41) is 6.32. The molecule has 1 aliphatic carbocycles. The first kappa shape index (κ1) is 17.6. The number of amides is 2. The van der Waals surface area contributed by atoms with Crippen LogP contribution in [-0.4, -0.2) is 24.1 Å². The molecule has 2 aromatic rings. The second kappa shape index (κ2) is 8.24. The fourth-order valence-corrected chi connectivity index (χ4v) is 2.12. The molecule has 6 nitrogen and oxygen atoms in total. The molecule has 7 heteroatoms. The van der Waals surface area contributed by atoms with Crippen molar-refractivity contribution in [1.82, 2.24) is 10.7 Å². The van der Waals surface area contributed by atoms with Crippen LogP contribution in [0.5, 0.6) is 5.75 Å². The molecular weight excluding hydrogens is 337 g/mol. The van der Waals surface area contributed by atoms with Gasteiger partial charge in [-0.05, 0) is 48.7 Å². The number of hydrogen-bond donors (Lipinski definition) is 2. The minimum absolute atomic E-state index is 0.120. The zero-order valence-electron chi connectivity index (χ0n) is 13.9. The quantitative estimate of drug-likeness (QED) is 0.473. The predicted molar refractivity (Wildman–Crippen MR) is 94.1 cm³/mol. The molecule has 2 aromatic carbocycles. The van der Waals surface area contributed by atoms with Gasteiger partial charge in [0.25, 0.3) is 0 Å². The Labute approximate surface area is 150 Å². The summed E-state index contributed by atoms with van der Waals surface area (Å²) in [7, 11) is 0. The summed E-state index contributed by atoms with van der Waals surface area (Å²) < 4.78 is 19.1. The molecule has 0 aromatic heterocycles. The van der Waals surface area contributed by atoms with Crippen molar-refractivity contribution in [2.75, 3.05) is 0 Å². The third-order valence-electron chi connectivity index (χ3n) is 3.73. The molecule has 0 atom stereocenters. The minimum Gasteiger partial charge on any atom is -0.489 e. The Morgan fingerprint density at radius 1 is 1.12 bits per heavy atom. The second-order valence-corrected chi connectivity index (χ2v) is 5.90. The van der Waals surface area contributed by atoms with Gasteiger partial charge in [-0.3, -0.25) is 9.59 Å². The minimum atomic E-state index is -0.794. The fraction of sp³-hybridized carbons (Fsp3) is 0.211. The van der Waals surface area contributed by atoms with E-state index in [9.17, 15) is 14.0 Å². The van der Waals surface area contributed by atoms with Gasteiger partial charge < -0.3 is 10.1 Å². The molecule has 26 heavy (non-hydrogen) atoms. The standard InChI is InChI=1S/C19H18FN3O3/c20-17-4-2-1-3-14(17)12-26-16-9-5-13(6-10-16)11-21-23-19(25)18(24)22-15-7-8-15/h1-6,9-11,15H,7-8,12H2,(H,22,24)(H,23,25)/b21-11-. The maximum atomic E-state index is 13.5. The third-order valence-corrected chi connectivity index (χ3v) is 3.73. The van der Waals surface area contributed by atoms with Gasteiger partial charge in [-0.25, -0.2) is 9.82 Å². The molecule has 0 spiro atoms. The Balaban J connectivity index is 1.47. The molecule has 2 N–H and O–H groups in total. The summed E-state index contributed by atoms with van der Waals surface area (Å²) in [6, 6.07) is 13.4. The maximum absolute atomic E-state index is 13.5. The number of carbonyl (C=O) groups is 2. The lowest BCUT2D eigenvalue weighted by molar-refractivity contribution is -0.139. The van der Waals surface area contributed by atoms with Crippen LogP contribution in [0.1, 0.15) is 24.0 Å². The van der Waals surface area contributed by atoms with E-state index in [1.807, 2.05) is 0 Å². The van der Waals surface area contributed by atoms with Crippen molar-refractivity contribution in [2.24, 2.45) is 5.10 Å². The first-order valence-corrected chi connectivity index (χ1v) is 8.22. The van der Waals surface area contributed by atoms with Crippen LogP contribution in [0.3, 0.4) is 0 Å². The number of ether oxygens (including phenoxy) is 1. The maximum Gasteiger partial charge on any atom is 0.329 e. The molecule has 0 heterocycles. The van der Waals surface area contributed by atoms with Gasteiger partial charge in [0.2, 0.25) is 0 Å². The average molecular weight is 355 g/mol. The normalized spacial score (nSPS) is 13.4. The molecule has 0 radical (unpaired) electrons. The average Bonchev–Trinajstić information content (AvgIpc) is 3.46. The molecular formula is C19H18FN3O3. The van der Waals surface area contributed by atoms with Crippen LogP contribution in [-0.2, 0) is 16.2 Å². The summed E-state index contributed by atoms with van der Waals surface area (Å²) in [6.45, 7) is 0.131. The van der Waals surface area contributed by atoms with Crippen molar-refractivity contribution < 1.29 is 18.7 Å². The van der Waals surface area contributed by atoms with Crippen molar-refractivity contribution in [3.8, 4) is 5.75 Å². The monoisotopic (exact) mass is 355 g/mol. The molecule has 1 fully saturated rings. The molecule has 0 unspecified atom stereocenters. The molecule has 1 aliphatic rings. The Morgan fingerprint density at radius 3 is 2.54 bits per heavy atom. The van der Waals surface area contributed by atoms with E-state index >= 15 is 0 Å². The van der Waals surface area contributed by atoms with E-state index < -0.39 is 11.8 Å². The van der Waals surface area contributed by atoms with Crippen LogP contribution in [0.25, 0.3) is 0 Å². The number of nitrogens with one attached hydrogen (secondary N) is 2. The summed E-state index contributed by atoms with van der Waals surface area (Å²) in [6.07, 6.45) is 3.24. The van der Waals surface area contributed by atoms with Crippen molar-refractivity contribution in [3.63, 3.8) is 0 Å². The lowest BCUT2D eigenvalue weighted by Crippen LogP contribution is -2.38. The molecule has 2 amide bonds. The number of benzene rings is 2. The highest BCUT2D eigenvalue weighted by molar-refractivity contribution is 6.35. The fourth-order valence-electron chi connectivity index (χ4n) is 2.12. The Kier molecular flexibility index (Phi) is 5.58. The van der Waals surface area contributed by atoms with E-state index in [4.69, 9.17) is 4.74 Å². The van der Waals surface area contributed by atoms with Gasteiger partial charge in [0, 0.05) is 11.6 Å². The second-order valence-electron chi connectivity index (χ2n) is 5.90. The van der Waals surface area contributed by atoms with E-state index in [1.54, 1.807) is 42.5 Å². The SMILES string of the molecule is O=C(N/N=C\c1ccc(OCc2ccccc2F)cc1)C(=O)NC1CC1. The van der Waals surface area contributed by atoms with Crippen LogP contribution in [0.15, 0.2) is 53.6 Å². The topological polar surface area (TPSA) is 79.8 Å². The summed E-state index contributed by atoms with van der Waals surface area (Å²) in [5.74, 6) is -1.20. The first-order valence-electron chi connectivity index (χ1n) is 8.22. The van der Waals surface area contributed by atoms with Crippen LogP contribution in [0, 0.1) is 5.82 Å². The summed E-state index contributed by atoms with van der Waals surface area (Å²) in [5.41, 5.74) is 3.37. The molecule has 134 valence electrons. The smallest absolute Gasteiger partial charge is 0.329 e. The van der Waals surface area contributed by atoms with Gasteiger partial charge in [-0.2, -0.15) is 5.10 Å². The number of rotatable bonds is 6. The van der Waals surface area contributed by atoms with Gasteiger partial charge in [0.15, 0.2) is 0 Å². The zero-order valence-corrected chi connectivity index (χ0v) is 13.9. The van der Waals surface area contributed by atoms with E-state index in [1.165, 1.54) is 12.3 Å². The predicted octanol–water partition coefficient (Wildman–Crippen LogP) is 2.13. The molecule has 0 bridgehead atoms. The molecule has 3 rings (SSSR count). The number of carbonyl (C=O) groups excluding carboxylic acids is 2. The van der Waals surface area contributed by atoms with Gasteiger partial charge in [0.1, 0.15) is 18.2 Å². The van der Waals surface area contributed by atoms with Crippen molar-refractivity contribution in [3.05, 3.63) is 65.5 Å². The van der Waals surface area contributed by atoms with Crippen molar-refractivity contribution in [1.29, 1.82) is 0 Å². The van der Waals surface area contributed by atoms with Crippen LogP contribution in [0.2, 0.25) is 0 Å². The van der Waals surface area contributed by atoms with Gasteiger partial charge in [-0.15, -0.1) is 0 Å².